The molecule has 0 aliphatic rings. The summed E-state index contributed by atoms with van der Waals surface area (Å²) < 4.78 is 35.1. The van der Waals surface area contributed by atoms with Gasteiger partial charge in [-0.2, -0.15) is 0 Å². The monoisotopic (exact) mass is 695 g/mol. The molecule has 4 rings (SSSR count). The second-order valence-corrected chi connectivity index (χ2v) is 14.0. The number of carbonyl (C=O) groups is 2. The number of hydrogen-bond acceptors (Lipinski definition) is 5. The molecule has 8 nitrogen and oxygen atoms in total. The lowest BCUT2D eigenvalue weighted by molar-refractivity contribution is -0.140. The first-order valence-corrected chi connectivity index (χ1v) is 17.4. The van der Waals surface area contributed by atoms with Crippen LogP contribution in [0.2, 0.25) is 10.0 Å². The third-order valence-electron chi connectivity index (χ3n) is 7.87. The van der Waals surface area contributed by atoms with Crippen molar-refractivity contribution in [3.05, 3.63) is 124 Å². The van der Waals surface area contributed by atoms with Gasteiger partial charge in [-0.25, -0.2) is 8.42 Å². The molecule has 0 spiro atoms. The van der Waals surface area contributed by atoms with E-state index in [1.807, 2.05) is 51.1 Å². The molecular formula is C36H39Cl2N3O5S. The minimum Gasteiger partial charge on any atom is -0.495 e. The normalized spacial score (nSPS) is 12.6. The summed E-state index contributed by atoms with van der Waals surface area (Å²) in [5.74, 6) is -0.719. The molecule has 11 heteroatoms. The van der Waals surface area contributed by atoms with Crippen molar-refractivity contribution in [3.8, 4) is 5.75 Å². The summed E-state index contributed by atoms with van der Waals surface area (Å²) in [6, 6.07) is 26.1. The van der Waals surface area contributed by atoms with Gasteiger partial charge >= 0.3 is 0 Å². The standard InChI is InChI=1S/C36H39Cl2N3O5S/c1-5-26(3)39-36(43)33(21-27-11-7-6-8-12-27)40(23-28-17-18-29(37)22-31(28)38)35(42)24-41(32-13-9-10-14-34(32)46-4)47(44,45)30-19-15-25(2)16-20-30/h6-20,22,26,33H,5,21,23-24H2,1-4H3,(H,39,43)/t26-,33+/m1/s1. The van der Waals surface area contributed by atoms with E-state index in [0.29, 0.717) is 22.0 Å². The summed E-state index contributed by atoms with van der Waals surface area (Å²) >= 11 is 12.8. The highest BCUT2D eigenvalue weighted by atomic mass is 35.5. The van der Waals surface area contributed by atoms with E-state index in [2.05, 4.69) is 5.32 Å². The summed E-state index contributed by atoms with van der Waals surface area (Å²) in [4.78, 5) is 30.1. The third-order valence-corrected chi connectivity index (χ3v) is 10.2. The molecular weight excluding hydrogens is 657 g/mol. The maximum atomic E-state index is 14.7. The van der Waals surface area contributed by atoms with Gasteiger partial charge < -0.3 is 15.0 Å². The zero-order chi connectivity index (χ0) is 34.1. The molecule has 0 heterocycles. The van der Waals surface area contributed by atoms with E-state index in [-0.39, 0.29) is 41.2 Å². The number of carbonyl (C=O) groups excluding carboxylic acids is 2. The number of nitrogens with one attached hydrogen (secondary N) is 1. The van der Waals surface area contributed by atoms with Gasteiger partial charge in [-0.15, -0.1) is 0 Å². The van der Waals surface area contributed by atoms with Crippen LogP contribution in [0.4, 0.5) is 5.69 Å². The minimum atomic E-state index is -4.28. The van der Waals surface area contributed by atoms with Crippen molar-refractivity contribution in [1.82, 2.24) is 10.2 Å². The van der Waals surface area contributed by atoms with Crippen LogP contribution < -0.4 is 14.4 Å². The van der Waals surface area contributed by atoms with E-state index < -0.39 is 28.5 Å². The predicted molar refractivity (Wildman–Crippen MR) is 188 cm³/mol. The Balaban J connectivity index is 1.85. The number of anilines is 1. The fraction of sp³-hybridized carbons (Fsp3) is 0.278. The second-order valence-electron chi connectivity index (χ2n) is 11.3. The van der Waals surface area contributed by atoms with E-state index >= 15 is 0 Å². The van der Waals surface area contributed by atoms with Crippen LogP contribution in [0.25, 0.3) is 0 Å². The van der Waals surface area contributed by atoms with Crippen LogP contribution in [0.1, 0.15) is 37.0 Å². The molecule has 0 aromatic heterocycles. The van der Waals surface area contributed by atoms with Gasteiger partial charge in [0.1, 0.15) is 18.3 Å². The zero-order valence-electron chi connectivity index (χ0n) is 26.8. The highest BCUT2D eigenvalue weighted by molar-refractivity contribution is 7.92. The molecule has 2 amide bonds. The molecule has 0 aliphatic heterocycles. The molecule has 2 atom stereocenters. The molecule has 4 aromatic rings. The number of sulfonamides is 1. The molecule has 248 valence electrons. The number of rotatable bonds is 14. The molecule has 0 bridgehead atoms. The topological polar surface area (TPSA) is 96.0 Å². The highest BCUT2D eigenvalue weighted by Gasteiger charge is 2.36. The number of ether oxygens (including phenoxy) is 1. The number of methoxy groups -OCH3 is 1. The van der Waals surface area contributed by atoms with Crippen molar-refractivity contribution in [3.63, 3.8) is 0 Å². The van der Waals surface area contributed by atoms with Crippen molar-refractivity contribution in [2.24, 2.45) is 0 Å². The van der Waals surface area contributed by atoms with Gasteiger partial charge in [-0.1, -0.05) is 96.4 Å². The molecule has 0 aliphatic carbocycles. The lowest BCUT2D eigenvalue weighted by Crippen LogP contribution is -2.54. The van der Waals surface area contributed by atoms with Gasteiger partial charge in [0.2, 0.25) is 11.8 Å². The van der Waals surface area contributed by atoms with Gasteiger partial charge in [0.05, 0.1) is 17.7 Å². The maximum Gasteiger partial charge on any atom is 0.264 e. The van der Waals surface area contributed by atoms with E-state index in [9.17, 15) is 18.0 Å². The molecule has 1 N–H and O–H groups in total. The smallest absolute Gasteiger partial charge is 0.264 e. The summed E-state index contributed by atoms with van der Waals surface area (Å²) in [5, 5.41) is 3.75. The van der Waals surface area contributed by atoms with E-state index in [1.54, 1.807) is 54.6 Å². The van der Waals surface area contributed by atoms with Gasteiger partial charge in [0, 0.05) is 29.1 Å². The van der Waals surface area contributed by atoms with Crippen LogP contribution >= 0.6 is 23.2 Å². The van der Waals surface area contributed by atoms with Gasteiger partial charge in [0.15, 0.2) is 0 Å². The van der Waals surface area contributed by atoms with Crippen molar-refractivity contribution < 1.29 is 22.7 Å². The Morgan fingerprint density at radius 2 is 1.57 bits per heavy atom. The minimum absolute atomic E-state index is 0.00412. The van der Waals surface area contributed by atoms with E-state index in [1.165, 1.54) is 24.1 Å². The lowest BCUT2D eigenvalue weighted by atomic mass is 10.0. The Morgan fingerprint density at radius 1 is 0.915 bits per heavy atom. The Hall–Kier alpha value is -4.05. The summed E-state index contributed by atoms with van der Waals surface area (Å²) in [6.07, 6.45) is 0.858. The van der Waals surface area contributed by atoms with Gasteiger partial charge in [0.25, 0.3) is 10.0 Å². The summed E-state index contributed by atoms with van der Waals surface area (Å²) in [7, 11) is -2.85. The Bertz CT molecular complexity index is 1790. The number of hydrogen-bond donors (Lipinski definition) is 1. The van der Waals surface area contributed by atoms with Crippen molar-refractivity contribution >= 4 is 50.7 Å². The van der Waals surface area contributed by atoms with Crippen molar-refractivity contribution in [2.75, 3.05) is 18.0 Å². The zero-order valence-corrected chi connectivity index (χ0v) is 29.1. The van der Waals surface area contributed by atoms with Crippen molar-refractivity contribution in [2.45, 2.75) is 57.1 Å². The van der Waals surface area contributed by atoms with Crippen LogP contribution in [0.15, 0.2) is 102 Å². The fourth-order valence-corrected chi connectivity index (χ4v) is 6.91. The quantitative estimate of drug-likeness (QED) is 0.152. The number of amides is 2. The van der Waals surface area contributed by atoms with Crippen LogP contribution in [0.3, 0.4) is 0 Å². The SMILES string of the molecule is CC[C@@H](C)NC(=O)[C@H](Cc1ccccc1)N(Cc1ccc(Cl)cc1Cl)C(=O)CN(c1ccccc1OC)S(=O)(=O)c1ccc(C)cc1. The van der Waals surface area contributed by atoms with Crippen LogP contribution in [-0.4, -0.2) is 50.9 Å². The largest absolute Gasteiger partial charge is 0.495 e. The third kappa shape index (κ3) is 9.06. The van der Waals surface area contributed by atoms with Gasteiger partial charge in [-0.05, 0) is 67.8 Å². The Morgan fingerprint density at radius 3 is 2.21 bits per heavy atom. The fourth-order valence-electron chi connectivity index (χ4n) is 5.02. The van der Waals surface area contributed by atoms with Crippen LogP contribution in [0, 0.1) is 6.92 Å². The van der Waals surface area contributed by atoms with Crippen LogP contribution in [0.5, 0.6) is 5.75 Å². The van der Waals surface area contributed by atoms with Crippen molar-refractivity contribution in [1.29, 1.82) is 0 Å². The highest BCUT2D eigenvalue weighted by Crippen LogP contribution is 2.33. The average Bonchev–Trinajstić information content (AvgIpc) is 3.06. The predicted octanol–water partition coefficient (Wildman–Crippen LogP) is 7.06. The first-order valence-electron chi connectivity index (χ1n) is 15.2. The number of aryl methyl sites for hydroxylation is 1. The van der Waals surface area contributed by atoms with Gasteiger partial charge in [-0.3, -0.25) is 13.9 Å². The number of benzene rings is 4. The molecule has 0 fully saturated rings. The number of para-hydroxylation sites is 2. The Kier molecular flexibility index (Phi) is 12.3. The first kappa shape index (κ1) is 35.8. The van der Waals surface area contributed by atoms with E-state index in [0.717, 1.165) is 15.4 Å². The summed E-state index contributed by atoms with van der Waals surface area (Å²) in [5.41, 5.74) is 2.43. The number of halogens is 2. The Labute approximate surface area is 287 Å². The molecule has 0 radical (unpaired) electrons. The molecule has 47 heavy (non-hydrogen) atoms. The molecule has 0 saturated heterocycles. The molecule has 0 saturated carbocycles. The lowest BCUT2D eigenvalue weighted by Gasteiger charge is -2.34. The average molecular weight is 697 g/mol. The summed E-state index contributed by atoms with van der Waals surface area (Å²) in [6.45, 7) is 5.00. The number of nitrogens with zero attached hydrogens (tertiary/aromatic N) is 2. The van der Waals surface area contributed by atoms with E-state index in [4.69, 9.17) is 27.9 Å². The molecule has 4 aromatic carbocycles. The molecule has 0 unspecified atom stereocenters. The van der Waals surface area contributed by atoms with Crippen LogP contribution in [-0.2, 0) is 32.6 Å². The second kappa shape index (κ2) is 16.2. The first-order chi connectivity index (χ1) is 22.4. The maximum absolute atomic E-state index is 14.7.